The normalized spacial score (nSPS) is 16.3. The highest BCUT2D eigenvalue weighted by atomic mass is 19.3. The molecule has 0 aromatic heterocycles. The zero-order chi connectivity index (χ0) is 13.8. The Morgan fingerprint density at radius 3 is 2.53 bits per heavy atom. The minimum atomic E-state index is -2.79. The van der Waals surface area contributed by atoms with Gasteiger partial charge < -0.3 is 20.3 Å². The Balaban J connectivity index is 1.99. The van der Waals surface area contributed by atoms with Crippen LogP contribution in [-0.4, -0.2) is 30.8 Å². The molecule has 1 heterocycles. The van der Waals surface area contributed by atoms with Crippen molar-refractivity contribution in [3.05, 3.63) is 36.7 Å². The van der Waals surface area contributed by atoms with Gasteiger partial charge in [-0.3, -0.25) is 0 Å². The largest absolute Gasteiger partial charge is 0.435 e. The number of hydrogen-bond donors (Lipinski definition) is 1. The van der Waals surface area contributed by atoms with Crippen LogP contribution in [0.3, 0.4) is 0 Å². The van der Waals surface area contributed by atoms with E-state index >= 15 is 0 Å². The molecule has 19 heavy (non-hydrogen) atoms. The Labute approximate surface area is 111 Å². The molecule has 0 aliphatic carbocycles. The lowest BCUT2D eigenvalue weighted by molar-refractivity contribution is -0.0498. The molecule has 0 amide bonds. The maximum atomic E-state index is 12.0. The van der Waals surface area contributed by atoms with E-state index in [1.54, 1.807) is 12.1 Å². The number of nitrogens with zero attached hydrogens (tertiary/aromatic N) is 2. The Morgan fingerprint density at radius 1 is 1.26 bits per heavy atom. The Morgan fingerprint density at radius 2 is 1.95 bits per heavy atom. The Hall–Kier alpha value is -1.82. The van der Waals surface area contributed by atoms with E-state index in [4.69, 9.17) is 5.73 Å². The van der Waals surface area contributed by atoms with Gasteiger partial charge in [-0.15, -0.1) is 0 Å². The number of hydrogen-bond acceptors (Lipinski definition) is 4. The molecule has 2 N–H and O–H groups in total. The molecule has 2 rings (SSSR count). The van der Waals surface area contributed by atoms with E-state index in [1.165, 1.54) is 12.1 Å². The van der Waals surface area contributed by atoms with Gasteiger partial charge in [0, 0.05) is 30.7 Å². The number of nitrogens with two attached hydrogens (primary N) is 1. The second-order valence-electron chi connectivity index (χ2n) is 4.38. The molecule has 0 bridgehead atoms. The van der Waals surface area contributed by atoms with Crippen molar-refractivity contribution in [3.8, 4) is 5.75 Å². The van der Waals surface area contributed by atoms with E-state index in [9.17, 15) is 8.78 Å². The number of anilines is 1. The van der Waals surface area contributed by atoms with Crippen molar-refractivity contribution < 1.29 is 13.5 Å². The summed E-state index contributed by atoms with van der Waals surface area (Å²) in [6.07, 6.45) is 3.91. The topological polar surface area (TPSA) is 41.7 Å². The first-order valence-electron chi connectivity index (χ1n) is 6.06. The summed E-state index contributed by atoms with van der Waals surface area (Å²) in [5.41, 5.74) is 6.54. The standard InChI is InChI=1S/C13H17F2N3O/c1-10(8-16)17-6-7-18(9-17)11-2-4-12(5-3-11)19-13(14)15/h2-7,10,13H,8-9,16H2,1H3/t10-/m1/s1. The molecule has 1 aliphatic rings. The molecule has 1 aromatic carbocycles. The van der Waals surface area contributed by atoms with E-state index in [1.807, 2.05) is 24.2 Å². The fourth-order valence-electron chi connectivity index (χ4n) is 1.84. The first-order chi connectivity index (χ1) is 9.10. The molecule has 0 saturated carbocycles. The predicted molar refractivity (Wildman–Crippen MR) is 69.9 cm³/mol. The van der Waals surface area contributed by atoms with Gasteiger partial charge in [-0.05, 0) is 31.2 Å². The van der Waals surface area contributed by atoms with Crippen LogP contribution in [0.1, 0.15) is 6.92 Å². The highest BCUT2D eigenvalue weighted by Gasteiger charge is 2.17. The van der Waals surface area contributed by atoms with Crippen LogP contribution in [0.5, 0.6) is 5.75 Å². The van der Waals surface area contributed by atoms with Crippen LogP contribution >= 0.6 is 0 Å². The Kier molecular flexibility index (Phi) is 4.21. The molecule has 0 spiro atoms. The van der Waals surface area contributed by atoms with E-state index in [2.05, 4.69) is 9.64 Å². The van der Waals surface area contributed by atoms with Crippen LogP contribution in [-0.2, 0) is 0 Å². The van der Waals surface area contributed by atoms with Crippen molar-refractivity contribution in [2.75, 3.05) is 18.1 Å². The van der Waals surface area contributed by atoms with Gasteiger partial charge in [-0.1, -0.05) is 0 Å². The van der Waals surface area contributed by atoms with Crippen LogP contribution < -0.4 is 15.4 Å². The van der Waals surface area contributed by atoms with Gasteiger partial charge in [0.05, 0.1) is 6.67 Å². The fraction of sp³-hybridized carbons (Fsp3) is 0.385. The van der Waals surface area contributed by atoms with Crippen molar-refractivity contribution in [1.82, 2.24) is 4.90 Å². The van der Waals surface area contributed by atoms with Crippen LogP contribution in [0, 0.1) is 0 Å². The van der Waals surface area contributed by atoms with Crippen LogP contribution in [0.4, 0.5) is 14.5 Å². The summed E-state index contributed by atoms with van der Waals surface area (Å²) in [5.74, 6) is 0.161. The molecular weight excluding hydrogens is 252 g/mol. The summed E-state index contributed by atoms with van der Waals surface area (Å²) in [6.45, 7) is 0.540. The third-order valence-corrected chi connectivity index (χ3v) is 3.05. The molecule has 1 atom stereocenters. The minimum Gasteiger partial charge on any atom is -0.435 e. The predicted octanol–water partition coefficient (Wildman–Crippen LogP) is 2.19. The molecule has 0 radical (unpaired) electrons. The summed E-state index contributed by atoms with van der Waals surface area (Å²) in [7, 11) is 0. The summed E-state index contributed by atoms with van der Waals surface area (Å²) < 4.78 is 28.4. The lowest BCUT2D eigenvalue weighted by Crippen LogP contribution is -2.36. The Bertz CT molecular complexity index is 436. The molecule has 0 saturated heterocycles. The fourth-order valence-corrected chi connectivity index (χ4v) is 1.84. The van der Waals surface area contributed by atoms with E-state index < -0.39 is 6.61 Å². The zero-order valence-electron chi connectivity index (χ0n) is 10.7. The second-order valence-corrected chi connectivity index (χ2v) is 4.38. The lowest BCUT2D eigenvalue weighted by Gasteiger charge is -2.26. The summed E-state index contributed by atoms with van der Waals surface area (Å²) in [6, 6.07) is 6.83. The summed E-state index contributed by atoms with van der Waals surface area (Å²) in [5, 5.41) is 0. The van der Waals surface area contributed by atoms with Gasteiger partial charge in [0.1, 0.15) is 5.75 Å². The average molecular weight is 269 g/mol. The average Bonchev–Trinajstić information content (AvgIpc) is 2.87. The number of benzene rings is 1. The molecule has 0 unspecified atom stereocenters. The first kappa shape index (κ1) is 13.6. The molecule has 6 heteroatoms. The van der Waals surface area contributed by atoms with Crippen LogP contribution in [0.15, 0.2) is 36.7 Å². The van der Waals surface area contributed by atoms with Gasteiger partial charge in [0.2, 0.25) is 0 Å². The smallest absolute Gasteiger partial charge is 0.387 e. The quantitative estimate of drug-likeness (QED) is 0.889. The number of rotatable bonds is 5. The molecule has 1 aliphatic heterocycles. The first-order valence-corrected chi connectivity index (χ1v) is 6.06. The van der Waals surface area contributed by atoms with Crippen molar-refractivity contribution in [3.63, 3.8) is 0 Å². The highest BCUT2D eigenvalue weighted by Crippen LogP contribution is 2.24. The number of ether oxygens (including phenoxy) is 1. The molecule has 1 aromatic rings. The molecule has 4 nitrogen and oxygen atoms in total. The molecule has 0 fully saturated rings. The number of alkyl halides is 2. The second kappa shape index (κ2) is 5.88. The van der Waals surface area contributed by atoms with Gasteiger partial charge in [0.15, 0.2) is 0 Å². The monoisotopic (exact) mass is 269 g/mol. The van der Waals surface area contributed by atoms with Crippen molar-refractivity contribution >= 4 is 5.69 Å². The van der Waals surface area contributed by atoms with Crippen molar-refractivity contribution in [2.24, 2.45) is 5.73 Å². The minimum absolute atomic E-state index is 0.161. The van der Waals surface area contributed by atoms with Crippen molar-refractivity contribution in [2.45, 2.75) is 19.6 Å². The molecular formula is C13H17F2N3O. The maximum absolute atomic E-state index is 12.0. The molecule has 104 valence electrons. The summed E-state index contributed by atoms with van der Waals surface area (Å²) in [4.78, 5) is 4.13. The zero-order valence-corrected chi connectivity index (χ0v) is 10.7. The third kappa shape index (κ3) is 3.35. The van der Waals surface area contributed by atoms with E-state index in [-0.39, 0.29) is 11.8 Å². The van der Waals surface area contributed by atoms with Crippen LogP contribution in [0.2, 0.25) is 0 Å². The maximum Gasteiger partial charge on any atom is 0.387 e. The van der Waals surface area contributed by atoms with Crippen LogP contribution in [0.25, 0.3) is 0 Å². The van der Waals surface area contributed by atoms with E-state index in [0.717, 1.165) is 5.69 Å². The van der Waals surface area contributed by atoms with Gasteiger partial charge in [-0.2, -0.15) is 8.78 Å². The SMILES string of the molecule is C[C@H](CN)N1C=CN(c2ccc(OC(F)F)cc2)C1. The lowest BCUT2D eigenvalue weighted by atomic mass is 10.3. The van der Waals surface area contributed by atoms with Gasteiger partial charge in [-0.25, -0.2) is 0 Å². The third-order valence-electron chi connectivity index (χ3n) is 3.05. The van der Waals surface area contributed by atoms with Crippen molar-refractivity contribution in [1.29, 1.82) is 0 Å². The summed E-state index contributed by atoms with van der Waals surface area (Å²) >= 11 is 0. The number of halogens is 2. The van der Waals surface area contributed by atoms with Gasteiger partial charge >= 0.3 is 6.61 Å². The highest BCUT2D eigenvalue weighted by molar-refractivity contribution is 5.52. The van der Waals surface area contributed by atoms with Gasteiger partial charge in [0.25, 0.3) is 0 Å². The van der Waals surface area contributed by atoms with E-state index in [0.29, 0.717) is 13.2 Å².